The Balaban J connectivity index is 1.99. The van der Waals surface area contributed by atoms with Crippen molar-refractivity contribution in [3.8, 4) is 0 Å². The second-order valence-corrected chi connectivity index (χ2v) is 4.60. The average molecular weight is 239 g/mol. The third-order valence-electron chi connectivity index (χ3n) is 3.49. The van der Waals surface area contributed by atoms with Gasteiger partial charge in [-0.15, -0.1) is 13.2 Å². The summed E-state index contributed by atoms with van der Waals surface area (Å²) in [5, 5.41) is 0. The molecule has 0 unspecified atom stereocenters. The fourth-order valence-electron chi connectivity index (χ4n) is 3.00. The number of alkyl halides is 3. The lowest BCUT2D eigenvalue weighted by Gasteiger charge is -2.30. The summed E-state index contributed by atoms with van der Waals surface area (Å²) in [7, 11) is 1.59. The Morgan fingerprint density at radius 1 is 1.44 bits per heavy atom. The van der Waals surface area contributed by atoms with Crippen molar-refractivity contribution in [2.75, 3.05) is 26.8 Å². The van der Waals surface area contributed by atoms with Gasteiger partial charge in [0, 0.05) is 19.2 Å². The zero-order valence-electron chi connectivity index (χ0n) is 9.22. The molecule has 6 heteroatoms. The van der Waals surface area contributed by atoms with E-state index in [1.165, 1.54) is 0 Å². The van der Waals surface area contributed by atoms with Crippen molar-refractivity contribution in [2.45, 2.75) is 37.3 Å². The van der Waals surface area contributed by atoms with E-state index in [-0.39, 0.29) is 5.54 Å². The van der Waals surface area contributed by atoms with Gasteiger partial charge in [0.1, 0.15) is 0 Å². The first-order valence-corrected chi connectivity index (χ1v) is 5.44. The second kappa shape index (κ2) is 4.16. The molecule has 0 bridgehead atoms. The number of hydrogen-bond acceptors (Lipinski definition) is 3. The van der Waals surface area contributed by atoms with Crippen LogP contribution in [0.3, 0.4) is 0 Å². The Bertz CT molecular complexity index is 259. The van der Waals surface area contributed by atoms with Gasteiger partial charge in [0.05, 0.1) is 12.7 Å². The molecule has 16 heavy (non-hydrogen) atoms. The quantitative estimate of drug-likeness (QED) is 0.749. The van der Waals surface area contributed by atoms with Crippen LogP contribution in [-0.2, 0) is 9.47 Å². The third-order valence-corrected chi connectivity index (χ3v) is 3.49. The molecule has 94 valence electrons. The molecule has 0 aliphatic carbocycles. The Kier molecular flexibility index (Phi) is 3.16. The van der Waals surface area contributed by atoms with Gasteiger partial charge in [-0.25, -0.2) is 0 Å². The molecule has 0 N–H and O–H groups in total. The lowest BCUT2D eigenvalue weighted by atomic mass is 9.94. The largest absolute Gasteiger partial charge is 0.522 e. The van der Waals surface area contributed by atoms with E-state index in [0.29, 0.717) is 19.6 Å². The second-order valence-electron chi connectivity index (χ2n) is 4.60. The van der Waals surface area contributed by atoms with Crippen molar-refractivity contribution in [3.05, 3.63) is 0 Å². The maximum absolute atomic E-state index is 12.1. The normalized spacial score (nSPS) is 35.6. The number of rotatable bonds is 3. The molecule has 2 fully saturated rings. The molecule has 2 aliphatic rings. The van der Waals surface area contributed by atoms with E-state index >= 15 is 0 Å². The van der Waals surface area contributed by atoms with Gasteiger partial charge in [0.25, 0.3) is 0 Å². The molecule has 3 nitrogen and oxygen atoms in total. The maximum atomic E-state index is 12.1. The van der Waals surface area contributed by atoms with Crippen molar-refractivity contribution >= 4 is 0 Å². The molecule has 0 aromatic heterocycles. The van der Waals surface area contributed by atoms with Crippen LogP contribution in [0.5, 0.6) is 0 Å². The molecular formula is C10H16F3NO2. The zero-order chi connectivity index (χ0) is 11.8. The summed E-state index contributed by atoms with van der Waals surface area (Å²) in [6.45, 7) is 1.70. The molecule has 2 aliphatic heterocycles. The first kappa shape index (κ1) is 12.1. The minimum atomic E-state index is -4.53. The fraction of sp³-hybridized carbons (Fsp3) is 1.00. The summed E-state index contributed by atoms with van der Waals surface area (Å²) in [5.74, 6) is 0. The maximum Gasteiger partial charge on any atom is 0.522 e. The van der Waals surface area contributed by atoms with Crippen LogP contribution < -0.4 is 0 Å². The molecule has 2 heterocycles. The van der Waals surface area contributed by atoms with Gasteiger partial charge >= 0.3 is 6.36 Å². The van der Waals surface area contributed by atoms with E-state index < -0.39 is 12.5 Å². The van der Waals surface area contributed by atoms with E-state index in [2.05, 4.69) is 9.64 Å². The van der Waals surface area contributed by atoms with Crippen LogP contribution in [0.4, 0.5) is 13.2 Å². The summed E-state index contributed by atoms with van der Waals surface area (Å²) >= 11 is 0. The number of nitrogens with zero attached hydrogens (tertiary/aromatic N) is 1. The molecule has 2 rings (SSSR count). The minimum Gasteiger partial charge on any atom is -0.383 e. The molecule has 0 aromatic rings. The van der Waals surface area contributed by atoms with Gasteiger partial charge in [-0.1, -0.05) is 0 Å². The summed E-state index contributed by atoms with van der Waals surface area (Å²) in [5.41, 5.74) is -0.218. The van der Waals surface area contributed by atoms with E-state index in [0.717, 1.165) is 19.4 Å². The molecule has 0 radical (unpaired) electrons. The van der Waals surface area contributed by atoms with Gasteiger partial charge in [0.2, 0.25) is 0 Å². The first-order valence-electron chi connectivity index (χ1n) is 5.44. The van der Waals surface area contributed by atoms with Crippen LogP contribution in [0.15, 0.2) is 0 Å². The van der Waals surface area contributed by atoms with Crippen LogP contribution in [0, 0.1) is 0 Å². The SMILES string of the molecule is COC[C@@]12CCCN1C[C@H](OC(F)(F)F)C2. The smallest absolute Gasteiger partial charge is 0.383 e. The Morgan fingerprint density at radius 3 is 2.81 bits per heavy atom. The number of halogens is 3. The van der Waals surface area contributed by atoms with Crippen molar-refractivity contribution in [3.63, 3.8) is 0 Å². The van der Waals surface area contributed by atoms with Crippen LogP contribution in [0.1, 0.15) is 19.3 Å². The zero-order valence-corrected chi connectivity index (χ0v) is 9.22. The van der Waals surface area contributed by atoms with Gasteiger partial charge in [-0.2, -0.15) is 0 Å². The van der Waals surface area contributed by atoms with Gasteiger partial charge < -0.3 is 4.74 Å². The van der Waals surface area contributed by atoms with Gasteiger partial charge in [0.15, 0.2) is 0 Å². The van der Waals surface area contributed by atoms with E-state index in [1.54, 1.807) is 7.11 Å². The monoisotopic (exact) mass is 239 g/mol. The number of hydrogen-bond donors (Lipinski definition) is 0. The summed E-state index contributed by atoms with van der Waals surface area (Å²) in [6.07, 6.45) is -2.92. The highest BCUT2D eigenvalue weighted by molar-refractivity contribution is 5.03. The van der Waals surface area contributed by atoms with E-state index in [9.17, 15) is 13.2 Å². The topological polar surface area (TPSA) is 21.7 Å². The molecule has 2 atom stereocenters. The lowest BCUT2D eigenvalue weighted by Crippen LogP contribution is -2.42. The van der Waals surface area contributed by atoms with Crippen LogP contribution in [0.25, 0.3) is 0 Å². The van der Waals surface area contributed by atoms with Crippen LogP contribution in [-0.4, -0.2) is 49.7 Å². The highest BCUT2D eigenvalue weighted by Gasteiger charge is 2.51. The highest BCUT2D eigenvalue weighted by Crippen LogP contribution is 2.41. The molecular weight excluding hydrogens is 223 g/mol. The Hall–Kier alpha value is -0.330. The van der Waals surface area contributed by atoms with Gasteiger partial charge in [-0.3, -0.25) is 9.64 Å². The van der Waals surface area contributed by atoms with Crippen molar-refractivity contribution in [1.82, 2.24) is 4.90 Å². The van der Waals surface area contributed by atoms with E-state index in [4.69, 9.17) is 4.74 Å². The number of ether oxygens (including phenoxy) is 2. The molecule has 0 spiro atoms. The third kappa shape index (κ3) is 2.33. The van der Waals surface area contributed by atoms with Gasteiger partial charge in [-0.05, 0) is 25.8 Å². The van der Waals surface area contributed by atoms with Crippen LogP contribution >= 0.6 is 0 Å². The molecule has 0 amide bonds. The van der Waals surface area contributed by atoms with Crippen molar-refractivity contribution in [1.29, 1.82) is 0 Å². The van der Waals surface area contributed by atoms with E-state index in [1.807, 2.05) is 0 Å². The molecule has 0 aromatic carbocycles. The lowest BCUT2D eigenvalue weighted by molar-refractivity contribution is -0.340. The standard InChI is InChI=1S/C10H16F3NO2/c1-15-7-9-3-2-4-14(9)6-8(5-9)16-10(11,12)13/h8H,2-7H2,1H3/t8-,9+/m1/s1. The fourth-order valence-corrected chi connectivity index (χ4v) is 3.00. The van der Waals surface area contributed by atoms with Crippen molar-refractivity contribution < 1.29 is 22.6 Å². The predicted molar refractivity (Wildman–Crippen MR) is 51.0 cm³/mol. The van der Waals surface area contributed by atoms with Crippen molar-refractivity contribution in [2.24, 2.45) is 0 Å². The molecule has 0 saturated carbocycles. The summed E-state index contributed by atoms with van der Waals surface area (Å²) < 4.78 is 45.6. The first-order chi connectivity index (χ1) is 7.45. The highest BCUT2D eigenvalue weighted by atomic mass is 19.4. The molecule has 2 saturated heterocycles. The Morgan fingerprint density at radius 2 is 2.19 bits per heavy atom. The Labute approximate surface area is 92.5 Å². The number of methoxy groups -OCH3 is 1. The minimum absolute atomic E-state index is 0.218. The summed E-state index contributed by atoms with van der Waals surface area (Å²) in [4.78, 5) is 2.08. The number of fused-ring (bicyclic) bond motifs is 1. The van der Waals surface area contributed by atoms with Crippen LogP contribution in [0.2, 0.25) is 0 Å². The predicted octanol–water partition coefficient (Wildman–Crippen LogP) is 1.78. The summed E-state index contributed by atoms with van der Waals surface area (Å²) in [6, 6.07) is 0. The average Bonchev–Trinajstić information content (AvgIpc) is 2.57.